The Morgan fingerprint density at radius 2 is 2.23 bits per heavy atom. The maximum Gasteiger partial charge on any atom is 0.307 e. The average molecular weight is 200 g/mol. The molecule has 0 bridgehead atoms. The summed E-state index contributed by atoms with van der Waals surface area (Å²) in [5, 5.41) is -0.538. The summed E-state index contributed by atoms with van der Waals surface area (Å²) in [5.41, 5.74) is 0. The molecule has 1 heterocycles. The molecule has 71 valence electrons. The van der Waals surface area contributed by atoms with E-state index < -0.39 is 11.0 Å². The maximum absolute atomic E-state index is 11.3. The molecule has 0 aromatic rings. The molecule has 0 unspecified atom stereocenters. The number of carbonyl (C=O) groups excluding carboxylic acids is 3. The summed E-state index contributed by atoms with van der Waals surface area (Å²) < 4.78 is 0. The molecule has 0 aromatic carbocycles. The molecule has 0 spiro atoms. The fourth-order valence-electron chi connectivity index (χ4n) is 1.03. The number of thioether (sulfide) groups is 1. The van der Waals surface area contributed by atoms with Crippen molar-refractivity contribution in [2.24, 2.45) is 0 Å². The van der Waals surface area contributed by atoms with Crippen LogP contribution in [0, 0.1) is 6.92 Å². The van der Waals surface area contributed by atoms with E-state index in [9.17, 15) is 14.4 Å². The zero-order chi connectivity index (χ0) is 9.84. The van der Waals surface area contributed by atoms with Crippen LogP contribution >= 0.6 is 11.8 Å². The fraction of sp³-hybridized carbons (Fsp3) is 0.500. The van der Waals surface area contributed by atoms with Crippen molar-refractivity contribution < 1.29 is 14.4 Å². The van der Waals surface area contributed by atoms with Crippen LogP contribution in [0.15, 0.2) is 0 Å². The lowest BCUT2D eigenvalue weighted by molar-refractivity contribution is -0.149. The molecule has 1 rings (SSSR count). The van der Waals surface area contributed by atoms with Gasteiger partial charge >= 0.3 is 5.91 Å². The molecule has 1 aliphatic heterocycles. The molecule has 1 radical (unpaired) electrons. The lowest BCUT2D eigenvalue weighted by Gasteiger charge is -2.22. The van der Waals surface area contributed by atoms with Crippen molar-refractivity contribution in [3.8, 4) is 0 Å². The van der Waals surface area contributed by atoms with Crippen LogP contribution in [-0.2, 0) is 14.4 Å². The molecule has 1 saturated heterocycles. The monoisotopic (exact) mass is 200 g/mol. The molecule has 0 saturated carbocycles. The van der Waals surface area contributed by atoms with E-state index in [2.05, 4.69) is 6.92 Å². The minimum Gasteiger partial charge on any atom is -0.276 e. The van der Waals surface area contributed by atoms with Gasteiger partial charge in [-0.15, -0.1) is 0 Å². The number of rotatable bonds is 2. The SMILES string of the molecule is [CH2]CCC(=O)N1CCSC(=O)C1=O. The lowest BCUT2D eigenvalue weighted by Crippen LogP contribution is -2.44. The van der Waals surface area contributed by atoms with Crippen LogP contribution in [0.2, 0.25) is 0 Å². The first kappa shape index (κ1) is 10.2. The van der Waals surface area contributed by atoms with Crippen molar-refractivity contribution in [2.45, 2.75) is 12.8 Å². The first-order valence-corrected chi connectivity index (χ1v) is 4.96. The molecule has 2 amide bonds. The van der Waals surface area contributed by atoms with Gasteiger partial charge in [0.05, 0.1) is 0 Å². The molecule has 4 nitrogen and oxygen atoms in total. The van der Waals surface area contributed by atoms with Crippen LogP contribution < -0.4 is 0 Å². The van der Waals surface area contributed by atoms with Crippen molar-refractivity contribution in [1.29, 1.82) is 0 Å². The molecular weight excluding hydrogens is 190 g/mol. The Kier molecular flexibility index (Phi) is 3.48. The van der Waals surface area contributed by atoms with Crippen molar-refractivity contribution in [3.63, 3.8) is 0 Å². The van der Waals surface area contributed by atoms with Crippen LogP contribution in [0.4, 0.5) is 0 Å². The van der Waals surface area contributed by atoms with Crippen LogP contribution in [0.3, 0.4) is 0 Å². The summed E-state index contributed by atoms with van der Waals surface area (Å²) in [6, 6.07) is 0. The van der Waals surface area contributed by atoms with Gasteiger partial charge in [-0.1, -0.05) is 18.7 Å². The number of carbonyl (C=O) groups is 3. The van der Waals surface area contributed by atoms with E-state index in [0.29, 0.717) is 18.7 Å². The molecule has 0 aliphatic carbocycles. The molecule has 0 atom stereocenters. The Balaban J connectivity index is 2.63. The minimum absolute atomic E-state index is 0.226. The van der Waals surface area contributed by atoms with Crippen molar-refractivity contribution in [3.05, 3.63) is 6.92 Å². The zero-order valence-electron chi connectivity index (χ0n) is 7.12. The fourth-order valence-corrected chi connectivity index (χ4v) is 1.72. The molecule has 0 N–H and O–H groups in total. The number of hydrogen-bond donors (Lipinski definition) is 0. The van der Waals surface area contributed by atoms with E-state index in [4.69, 9.17) is 0 Å². The van der Waals surface area contributed by atoms with E-state index in [1.54, 1.807) is 0 Å². The second kappa shape index (κ2) is 4.41. The number of nitrogens with zero attached hydrogens (tertiary/aromatic N) is 1. The second-order valence-electron chi connectivity index (χ2n) is 2.59. The largest absolute Gasteiger partial charge is 0.307 e. The molecular formula is C8H10NO3S. The molecule has 1 fully saturated rings. The van der Waals surface area contributed by atoms with Crippen molar-refractivity contribution in [2.75, 3.05) is 12.3 Å². The Hall–Kier alpha value is -0.840. The van der Waals surface area contributed by atoms with E-state index in [1.807, 2.05) is 0 Å². The summed E-state index contributed by atoms with van der Waals surface area (Å²) in [6.45, 7) is 3.86. The van der Waals surface area contributed by atoms with Gasteiger partial charge in [0.2, 0.25) is 5.91 Å². The Morgan fingerprint density at radius 3 is 2.85 bits per heavy atom. The van der Waals surface area contributed by atoms with Crippen LogP contribution in [0.5, 0.6) is 0 Å². The molecule has 1 aliphatic rings. The van der Waals surface area contributed by atoms with Gasteiger partial charge in [-0.05, 0) is 6.42 Å². The van der Waals surface area contributed by atoms with E-state index in [0.717, 1.165) is 16.7 Å². The van der Waals surface area contributed by atoms with Crippen molar-refractivity contribution in [1.82, 2.24) is 4.90 Å². The predicted molar refractivity (Wildman–Crippen MR) is 48.8 cm³/mol. The number of hydrogen-bond acceptors (Lipinski definition) is 4. The average Bonchev–Trinajstić information content (AvgIpc) is 2.10. The highest BCUT2D eigenvalue weighted by molar-refractivity contribution is 8.15. The maximum atomic E-state index is 11.3. The van der Waals surface area contributed by atoms with Crippen LogP contribution in [0.1, 0.15) is 12.8 Å². The molecule has 0 aromatic heterocycles. The third-order valence-corrected chi connectivity index (χ3v) is 2.48. The Bertz CT molecular complexity index is 252. The quantitative estimate of drug-likeness (QED) is 0.599. The summed E-state index contributed by atoms with van der Waals surface area (Å²) >= 11 is 0.967. The normalized spacial score (nSPS) is 17.8. The van der Waals surface area contributed by atoms with Crippen molar-refractivity contribution >= 4 is 28.7 Å². The van der Waals surface area contributed by atoms with Gasteiger partial charge in [0.15, 0.2) is 0 Å². The first-order chi connectivity index (χ1) is 6.16. The van der Waals surface area contributed by atoms with Gasteiger partial charge < -0.3 is 0 Å². The number of imide groups is 1. The topological polar surface area (TPSA) is 54.5 Å². The second-order valence-corrected chi connectivity index (χ2v) is 3.66. The summed E-state index contributed by atoms with van der Waals surface area (Å²) in [7, 11) is 0. The molecule has 5 heteroatoms. The Labute approximate surface area is 80.7 Å². The smallest absolute Gasteiger partial charge is 0.276 e. The lowest BCUT2D eigenvalue weighted by atomic mass is 10.3. The van der Waals surface area contributed by atoms with E-state index >= 15 is 0 Å². The van der Waals surface area contributed by atoms with Crippen LogP contribution in [0.25, 0.3) is 0 Å². The highest BCUT2D eigenvalue weighted by Gasteiger charge is 2.30. The first-order valence-electron chi connectivity index (χ1n) is 3.97. The van der Waals surface area contributed by atoms with E-state index in [1.165, 1.54) is 0 Å². The summed E-state index contributed by atoms with van der Waals surface area (Å²) in [5.74, 6) is -0.476. The molecule has 13 heavy (non-hydrogen) atoms. The number of amides is 2. The van der Waals surface area contributed by atoms with E-state index in [-0.39, 0.29) is 12.3 Å². The van der Waals surface area contributed by atoms with Gasteiger partial charge in [0.1, 0.15) is 0 Å². The minimum atomic E-state index is -0.685. The van der Waals surface area contributed by atoms with Gasteiger partial charge in [-0.25, -0.2) is 0 Å². The van der Waals surface area contributed by atoms with Gasteiger partial charge in [0, 0.05) is 18.7 Å². The summed E-state index contributed by atoms with van der Waals surface area (Å²) in [4.78, 5) is 34.3. The zero-order valence-corrected chi connectivity index (χ0v) is 7.93. The highest BCUT2D eigenvalue weighted by atomic mass is 32.2. The van der Waals surface area contributed by atoms with Gasteiger partial charge in [-0.2, -0.15) is 0 Å². The summed E-state index contributed by atoms with van der Waals surface area (Å²) in [6.07, 6.45) is 0.674. The van der Waals surface area contributed by atoms with Gasteiger partial charge in [0.25, 0.3) is 5.12 Å². The third-order valence-electron chi connectivity index (χ3n) is 1.66. The standard InChI is InChI=1S/C8H10NO3S/c1-2-3-6(10)9-4-5-13-8(12)7(9)11/h1-5H2. The predicted octanol–water partition coefficient (Wildman–Crippen LogP) is 0.229. The van der Waals surface area contributed by atoms with Gasteiger partial charge in [-0.3, -0.25) is 19.3 Å². The third kappa shape index (κ3) is 2.30. The van der Waals surface area contributed by atoms with Crippen LogP contribution in [-0.4, -0.2) is 34.1 Å². The Morgan fingerprint density at radius 1 is 1.54 bits per heavy atom. The highest BCUT2D eigenvalue weighted by Crippen LogP contribution is 2.13.